The van der Waals surface area contributed by atoms with E-state index in [0.29, 0.717) is 5.56 Å². The van der Waals surface area contributed by atoms with Gasteiger partial charge in [-0.15, -0.1) is 0 Å². The number of aryl methyl sites for hydroxylation is 3. The van der Waals surface area contributed by atoms with Crippen LogP contribution in [-0.2, 0) is 29.0 Å². The topological polar surface area (TPSA) is 101 Å². The van der Waals surface area contributed by atoms with Crippen molar-refractivity contribution >= 4 is 11.9 Å². The monoisotopic (exact) mass is 459 g/mol. The average Bonchev–Trinajstić information content (AvgIpc) is 2.80. The average molecular weight is 460 g/mol. The molecule has 3 aromatic rings. The second-order valence-electron chi connectivity index (χ2n) is 8.95. The van der Waals surface area contributed by atoms with Gasteiger partial charge in [0.2, 0.25) is 5.91 Å². The molecule has 176 valence electrons. The summed E-state index contributed by atoms with van der Waals surface area (Å²) in [4.78, 5) is 41.6. The largest absolute Gasteiger partial charge is 0.481 e. The van der Waals surface area contributed by atoms with Gasteiger partial charge in [0.15, 0.2) is 0 Å². The fraction of sp³-hybridized carbons (Fsp3) is 0.333. The molecule has 1 aromatic carbocycles. The Morgan fingerprint density at radius 2 is 1.85 bits per heavy atom. The van der Waals surface area contributed by atoms with Gasteiger partial charge in [0.05, 0.1) is 12.5 Å². The Balaban J connectivity index is 1.58. The SMILES string of the molecule is Cc1cccc(C)c1-c1cncc([C@H](CC(=O)O)NC(=O)Cn2ccc3c(c2=O)CCCC3)c1. The van der Waals surface area contributed by atoms with Crippen LogP contribution in [0.1, 0.15) is 53.1 Å². The van der Waals surface area contributed by atoms with Crippen molar-refractivity contribution in [3.63, 3.8) is 0 Å². The van der Waals surface area contributed by atoms with E-state index in [1.165, 1.54) is 4.57 Å². The van der Waals surface area contributed by atoms with Crippen LogP contribution < -0.4 is 10.9 Å². The van der Waals surface area contributed by atoms with Crippen LogP contribution in [0, 0.1) is 13.8 Å². The summed E-state index contributed by atoms with van der Waals surface area (Å²) in [7, 11) is 0. The number of nitrogens with one attached hydrogen (secondary N) is 1. The molecule has 1 atom stereocenters. The van der Waals surface area contributed by atoms with Crippen molar-refractivity contribution in [2.75, 3.05) is 0 Å². The normalized spacial score (nSPS) is 13.7. The summed E-state index contributed by atoms with van der Waals surface area (Å²) in [5.74, 6) is -1.45. The lowest BCUT2D eigenvalue weighted by molar-refractivity contribution is -0.137. The molecule has 0 saturated carbocycles. The minimum atomic E-state index is -1.03. The number of benzene rings is 1. The number of carbonyl (C=O) groups excluding carboxylic acids is 1. The van der Waals surface area contributed by atoms with Gasteiger partial charge in [0.25, 0.3) is 5.56 Å². The van der Waals surface area contributed by atoms with Gasteiger partial charge in [-0.3, -0.25) is 19.4 Å². The fourth-order valence-corrected chi connectivity index (χ4v) is 4.78. The first-order valence-electron chi connectivity index (χ1n) is 11.6. The predicted octanol–water partition coefficient (Wildman–Crippen LogP) is 3.74. The number of fused-ring (bicyclic) bond motifs is 1. The first-order chi connectivity index (χ1) is 16.3. The van der Waals surface area contributed by atoms with E-state index in [1.54, 1.807) is 18.6 Å². The molecule has 2 N–H and O–H groups in total. The Morgan fingerprint density at radius 1 is 1.12 bits per heavy atom. The summed E-state index contributed by atoms with van der Waals surface area (Å²) in [6, 6.07) is 9.04. The quantitative estimate of drug-likeness (QED) is 0.561. The molecule has 0 radical (unpaired) electrons. The van der Waals surface area contributed by atoms with Crippen molar-refractivity contribution in [3.05, 3.63) is 87.1 Å². The van der Waals surface area contributed by atoms with Crippen molar-refractivity contribution in [3.8, 4) is 11.1 Å². The van der Waals surface area contributed by atoms with Crippen molar-refractivity contribution in [1.82, 2.24) is 14.9 Å². The summed E-state index contributed by atoms with van der Waals surface area (Å²) >= 11 is 0. The van der Waals surface area contributed by atoms with Crippen LogP contribution in [0.15, 0.2) is 53.7 Å². The zero-order chi connectivity index (χ0) is 24.2. The zero-order valence-corrected chi connectivity index (χ0v) is 19.5. The number of carbonyl (C=O) groups is 2. The maximum atomic E-state index is 12.9. The minimum absolute atomic E-state index is 0.138. The van der Waals surface area contributed by atoms with Gasteiger partial charge in [-0.1, -0.05) is 18.2 Å². The third-order valence-corrected chi connectivity index (χ3v) is 6.44. The van der Waals surface area contributed by atoms with Crippen LogP contribution in [0.4, 0.5) is 0 Å². The number of nitrogens with zero attached hydrogens (tertiary/aromatic N) is 2. The predicted molar refractivity (Wildman–Crippen MR) is 130 cm³/mol. The molecular weight excluding hydrogens is 430 g/mol. The number of pyridine rings is 2. The van der Waals surface area contributed by atoms with Crippen molar-refractivity contribution in [1.29, 1.82) is 0 Å². The molecule has 1 aliphatic rings. The Labute approximate surface area is 198 Å². The third kappa shape index (κ3) is 5.09. The van der Waals surface area contributed by atoms with Gasteiger partial charge in [-0.25, -0.2) is 0 Å². The Kier molecular flexibility index (Phi) is 6.91. The minimum Gasteiger partial charge on any atom is -0.481 e. The lowest BCUT2D eigenvalue weighted by Crippen LogP contribution is -2.36. The molecule has 2 aromatic heterocycles. The van der Waals surface area contributed by atoms with E-state index in [0.717, 1.165) is 59.1 Å². The van der Waals surface area contributed by atoms with Gasteiger partial charge in [0, 0.05) is 29.7 Å². The number of hydrogen-bond donors (Lipinski definition) is 2. The second kappa shape index (κ2) is 10.0. The van der Waals surface area contributed by atoms with Crippen molar-refractivity contribution in [2.45, 2.75) is 58.5 Å². The molecule has 2 heterocycles. The van der Waals surface area contributed by atoms with Crippen LogP contribution >= 0.6 is 0 Å². The number of rotatable bonds is 7. The molecule has 0 unspecified atom stereocenters. The van der Waals surface area contributed by atoms with Gasteiger partial charge in [0.1, 0.15) is 6.54 Å². The van der Waals surface area contributed by atoms with Crippen LogP contribution in [0.2, 0.25) is 0 Å². The van der Waals surface area contributed by atoms with E-state index in [4.69, 9.17) is 0 Å². The first kappa shape index (κ1) is 23.4. The molecule has 0 spiro atoms. The molecule has 7 heteroatoms. The lowest BCUT2D eigenvalue weighted by Gasteiger charge is -2.20. The molecule has 0 saturated heterocycles. The molecule has 7 nitrogen and oxygen atoms in total. The molecule has 0 bridgehead atoms. The van der Waals surface area contributed by atoms with Crippen molar-refractivity contribution in [2.24, 2.45) is 0 Å². The van der Waals surface area contributed by atoms with E-state index in [1.807, 2.05) is 44.2 Å². The van der Waals surface area contributed by atoms with E-state index < -0.39 is 17.9 Å². The van der Waals surface area contributed by atoms with Crippen LogP contribution in [0.5, 0.6) is 0 Å². The second-order valence-corrected chi connectivity index (χ2v) is 8.95. The summed E-state index contributed by atoms with van der Waals surface area (Å²) in [6.45, 7) is 3.87. The number of carboxylic acids is 1. The number of carboxylic acid groups (broad SMARTS) is 1. The maximum Gasteiger partial charge on any atom is 0.305 e. The van der Waals surface area contributed by atoms with Crippen LogP contribution in [0.25, 0.3) is 11.1 Å². The van der Waals surface area contributed by atoms with Gasteiger partial charge >= 0.3 is 5.97 Å². The van der Waals surface area contributed by atoms with E-state index in [2.05, 4.69) is 10.3 Å². The standard InChI is InChI=1S/C27H29N3O4/c1-17-6-5-7-18(2)26(17)21-12-20(14-28-15-21)23(13-25(32)33)29-24(31)16-30-11-10-19-8-3-4-9-22(19)27(30)34/h5-7,10-12,14-15,23H,3-4,8-9,13,16H2,1-2H3,(H,29,31)(H,32,33)/t23-/m0/s1. The van der Waals surface area contributed by atoms with Gasteiger partial charge in [-0.2, -0.15) is 0 Å². The smallest absolute Gasteiger partial charge is 0.305 e. The molecule has 0 aliphatic heterocycles. The summed E-state index contributed by atoms with van der Waals surface area (Å²) in [6.07, 6.45) is 8.36. The molecule has 34 heavy (non-hydrogen) atoms. The highest BCUT2D eigenvalue weighted by Crippen LogP contribution is 2.29. The fourth-order valence-electron chi connectivity index (χ4n) is 4.78. The third-order valence-electron chi connectivity index (χ3n) is 6.44. The molecule has 1 aliphatic carbocycles. The molecule has 1 amide bonds. The van der Waals surface area contributed by atoms with E-state index >= 15 is 0 Å². The Hall–Kier alpha value is -3.74. The number of aromatic nitrogens is 2. The highest BCUT2D eigenvalue weighted by atomic mass is 16.4. The highest BCUT2D eigenvalue weighted by Gasteiger charge is 2.21. The Morgan fingerprint density at radius 3 is 2.59 bits per heavy atom. The van der Waals surface area contributed by atoms with Crippen LogP contribution in [-0.4, -0.2) is 26.5 Å². The molecular formula is C27H29N3O4. The Bertz CT molecular complexity index is 1280. The summed E-state index contributed by atoms with van der Waals surface area (Å²) < 4.78 is 1.41. The first-order valence-corrected chi connectivity index (χ1v) is 11.6. The summed E-state index contributed by atoms with van der Waals surface area (Å²) in [5, 5.41) is 12.3. The van der Waals surface area contributed by atoms with E-state index in [9.17, 15) is 19.5 Å². The van der Waals surface area contributed by atoms with Crippen molar-refractivity contribution < 1.29 is 14.7 Å². The maximum absolute atomic E-state index is 12.9. The number of amides is 1. The molecule has 4 rings (SSSR count). The van der Waals surface area contributed by atoms with Gasteiger partial charge < -0.3 is 15.0 Å². The number of aliphatic carboxylic acids is 1. The summed E-state index contributed by atoms with van der Waals surface area (Å²) in [5.41, 5.74) is 6.39. The van der Waals surface area contributed by atoms with E-state index in [-0.39, 0.29) is 18.5 Å². The van der Waals surface area contributed by atoms with Gasteiger partial charge in [-0.05, 0) is 79.5 Å². The molecule has 0 fully saturated rings. The zero-order valence-electron chi connectivity index (χ0n) is 19.5. The number of hydrogen-bond acceptors (Lipinski definition) is 4. The highest BCUT2D eigenvalue weighted by molar-refractivity contribution is 5.78. The lowest BCUT2D eigenvalue weighted by atomic mass is 9.93. The van der Waals surface area contributed by atoms with Crippen LogP contribution in [0.3, 0.4) is 0 Å².